The van der Waals surface area contributed by atoms with E-state index in [1.807, 2.05) is 10.9 Å². The fourth-order valence-electron chi connectivity index (χ4n) is 3.65. The smallest absolute Gasteiger partial charge is 0.217 e. The summed E-state index contributed by atoms with van der Waals surface area (Å²) in [5.74, 6) is 0. The number of aromatic nitrogens is 2. The lowest BCUT2D eigenvalue weighted by molar-refractivity contribution is 0.0702. The molecule has 1 saturated carbocycles. The molecule has 7 heteroatoms. The van der Waals surface area contributed by atoms with E-state index in [2.05, 4.69) is 18.1 Å². The van der Waals surface area contributed by atoms with E-state index in [1.165, 1.54) is 0 Å². The third-order valence-corrected chi connectivity index (χ3v) is 7.50. The van der Waals surface area contributed by atoms with Gasteiger partial charge in [-0.3, -0.25) is 4.68 Å². The first-order valence-electron chi connectivity index (χ1n) is 8.42. The zero-order valence-corrected chi connectivity index (χ0v) is 14.4. The number of hydrogen-bond acceptors (Lipinski definition) is 4. The van der Waals surface area contributed by atoms with E-state index in [4.69, 9.17) is 0 Å². The number of rotatable bonds is 5. The van der Waals surface area contributed by atoms with Gasteiger partial charge in [-0.1, -0.05) is 26.2 Å². The number of aryl methyl sites for hydroxylation is 1. The molecule has 0 bridgehead atoms. The molecule has 0 amide bonds. The maximum Gasteiger partial charge on any atom is 0.217 e. The van der Waals surface area contributed by atoms with Gasteiger partial charge in [-0.15, -0.1) is 0 Å². The number of hydrogen-bond donors (Lipinski definition) is 0. The fraction of sp³-hybridized carbons (Fsp3) is 0.750. The molecular formula is C16H24N4O2S. The van der Waals surface area contributed by atoms with E-state index in [9.17, 15) is 13.7 Å². The molecule has 2 heterocycles. The van der Waals surface area contributed by atoms with Crippen LogP contribution in [0.4, 0.5) is 0 Å². The molecule has 0 spiro atoms. The van der Waals surface area contributed by atoms with Gasteiger partial charge in [0.1, 0.15) is 5.54 Å². The summed E-state index contributed by atoms with van der Waals surface area (Å²) in [5, 5.41) is 13.3. The molecule has 2 aliphatic rings. The van der Waals surface area contributed by atoms with Gasteiger partial charge in [0.15, 0.2) is 0 Å². The molecule has 1 aliphatic heterocycles. The highest BCUT2D eigenvalue weighted by Crippen LogP contribution is 2.37. The van der Waals surface area contributed by atoms with E-state index in [-0.39, 0.29) is 11.7 Å². The van der Waals surface area contributed by atoms with Gasteiger partial charge in [0.2, 0.25) is 10.0 Å². The van der Waals surface area contributed by atoms with Crippen LogP contribution in [0.5, 0.6) is 0 Å². The maximum absolute atomic E-state index is 12.8. The largest absolute Gasteiger partial charge is 0.263 e. The predicted molar refractivity (Wildman–Crippen MR) is 87.2 cm³/mol. The molecule has 6 nitrogen and oxygen atoms in total. The Morgan fingerprint density at radius 1 is 1.35 bits per heavy atom. The van der Waals surface area contributed by atoms with Crippen molar-refractivity contribution in [2.24, 2.45) is 0 Å². The van der Waals surface area contributed by atoms with Gasteiger partial charge >= 0.3 is 0 Å². The van der Waals surface area contributed by atoms with Gasteiger partial charge < -0.3 is 0 Å². The van der Waals surface area contributed by atoms with Crippen molar-refractivity contribution in [3.05, 3.63) is 18.0 Å². The average Bonchev–Trinajstić information content (AvgIpc) is 3.00. The summed E-state index contributed by atoms with van der Waals surface area (Å²) in [4.78, 5) is 0. The summed E-state index contributed by atoms with van der Waals surface area (Å²) < 4.78 is 28.9. The summed E-state index contributed by atoms with van der Waals surface area (Å²) in [6.07, 6.45) is 9.59. The van der Waals surface area contributed by atoms with Gasteiger partial charge in [-0.25, -0.2) is 8.42 Å². The standard InChI is InChI=1S/C16H24N4O2S/c1-2-14-10-18-20(11-14)16(8-9-17)12-19(13-16)23(21,22)15-6-4-3-5-7-15/h10-11,15H,2-8,12-13H2,1H3. The van der Waals surface area contributed by atoms with Gasteiger partial charge in [-0.2, -0.15) is 14.7 Å². The summed E-state index contributed by atoms with van der Waals surface area (Å²) in [6.45, 7) is 2.79. The van der Waals surface area contributed by atoms with Crippen LogP contribution in [-0.2, 0) is 22.0 Å². The monoisotopic (exact) mass is 336 g/mol. The Kier molecular flexibility index (Phi) is 4.47. The van der Waals surface area contributed by atoms with Crippen LogP contribution in [0.15, 0.2) is 12.4 Å². The molecule has 0 atom stereocenters. The van der Waals surface area contributed by atoms with Crippen molar-refractivity contribution in [1.29, 1.82) is 5.26 Å². The minimum absolute atomic E-state index is 0.236. The Hall–Kier alpha value is -1.39. The highest BCUT2D eigenvalue weighted by Gasteiger charge is 2.51. The Balaban J connectivity index is 1.76. The molecule has 1 saturated heterocycles. The first-order chi connectivity index (χ1) is 11.0. The normalized spacial score (nSPS) is 22.4. The second kappa shape index (κ2) is 6.25. The summed E-state index contributed by atoms with van der Waals surface area (Å²) in [7, 11) is -3.24. The molecule has 1 aliphatic carbocycles. The lowest BCUT2D eigenvalue weighted by Crippen LogP contribution is -2.65. The Bertz CT molecular complexity index is 692. The van der Waals surface area contributed by atoms with Gasteiger partial charge in [0.25, 0.3) is 0 Å². The third kappa shape index (κ3) is 2.90. The molecule has 3 rings (SSSR count). The van der Waals surface area contributed by atoms with Crippen LogP contribution in [0.25, 0.3) is 0 Å². The van der Waals surface area contributed by atoms with E-state index in [0.717, 1.165) is 44.1 Å². The number of nitrogens with zero attached hydrogens (tertiary/aromatic N) is 4. The highest BCUT2D eigenvalue weighted by molar-refractivity contribution is 7.89. The van der Waals surface area contributed by atoms with E-state index >= 15 is 0 Å². The molecule has 1 aromatic rings. The molecule has 126 valence electrons. The third-order valence-electron chi connectivity index (χ3n) is 5.21. The molecular weight excluding hydrogens is 312 g/mol. The molecule has 0 N–H and O–H groups in total. The molecule has 1 aromatic heterocycles. The second-order valence-corrected chi connectivity index (χ2v) is 8.99. The molecule has 0 unspecified atom stereocenters. The quantitative estimate of drug-likeness (QED) is 0.824. The highest BCUT2D eigenvalue weighted by atomic mass is 32.2. The van der Waals surface area contributed by atoms with Crippen LogP contribution in [0.3, 0.4) is 0 Å². The average molecular weight is 336 g/mol. The zero-order valence-electron chi connectivity index (χ0n) is 13.6. The zero-order chi connectivity index (χ0) is 16.5. The summed E-state index contributed by atoms with van der Waals surface area (Å²) in [5.41, 5.74) is 0.611. The van der Waals surface area contributed by atoms with E-state index in [1.54, 1.807) is 10.5 Å². The Labute approximate surface area is 138 Å². The van der Waals surface area contributed by atoms with E-state index < -0.39 is 15.6 Å². The van der Waals surface area contributed by atoms with Crippen molar-refractivity contribution in [3.8, 4) is 6.07 Å². The molecule has 0 radical (unpaired) electrons. The van der Waals surface area contributed by atoms with Gasteiger partial charge in [0, 0.05) is 19.3 Å². The molecule has 2 fully saturated rings. The minimum atomic E-state index is -3.24. The lowest BCUT2D eigenvalue weighted by atomic mass is 9.89. The van der Waals surface area contributed by atoms with Crippen LogP contribution < -0.4 is 0 Å². The lowest BCUT2D eigenvalue weighted by Gasteiger charge is -2.49. The summed E-state index contributed by atoms with van der Waals surface area (Å²) >= 11 is 0. The van der Waals surface area contributed by atoms with Crippen LogP contribution in [0.2, 0.25) is 0 Å². The number of sulfonamides is 1. The fourth-order valence-corrected chi connectivity index (χ4v) is 5.84. The predicted octanol–water partition coefficient (Wildman–Crippen LogP) is 2.03. The van der Waals surface area contributed by atoms with Crippen molar-refractivity contribution in [2.75, 3.05) is 13.1 Å². The van der Waals surface area contributed by atoms with Crippen molar-refractivity contribution < 1.29 is 8.42 Å². The SMILES string of the molecule is CCc1cnn(C2(CC#N)CN(S(=O)(=O)C3CCCCC3)C2)c1. The van der Waals surface area contributed by atoms with Gasteiger partial charge in [0.05, 0.1) is 23.9 Å². The van der Waals surface area contributed by atoms with Crippen molar-refractivity contribution >= 4 is 10.0 Å². The first-order valence-corrected chi connectivity index (χ1v) is 9.92. The van der Waals surface area contributed by atoms with Crippen LogP contribution in [-0.4, -0.2) is 40.8 Å². The number of nitriles is 1. The Morgan fingerprint density at radius 3 is 2.61 bits per heavy atom. The maximum atomic E-state index is 12.8. The summed E-state index contributed by atoms with van der Waals surface area (Å²) in [6, 6.07) is 2.21. The Morgan fingerprint density at radius 2 is 2.04 bits per heavy atom. The topological polar surface area (TPSA) is 79.0 Å². The second-order valence-electron chi connectivity index (χ2n) is 6.78. The van der Waals surface area contributed by atoms with Crippen molar-refractivity contribution in [3.63, 3.8) is 0 Å². The van der Waals surface area contributed by atoms with Gasteiger partial charge in [-0.05, 0) is 24.8 Å². The first kappa shape index (κ1) is 16.5. The van der Waals surface area contributed by atoms with Crippen LogP contribution in [0.1, 0.15) is 51.0 Å². The van der Waals surface area contributed by atoms with Crippen LogP contribution >= 0.6 is 0 Å². The van der Waals surface area contributed by atoms with Crippen molar-refractivity contribution in [2.45, 2.75) is 62.7 Å². The molecule has 23 heavy (non-hydrogen) atoms. The van der Waals surface area contributed by atoms with Crippen LogP contribution in [0, 0.1) is 11.3 Å². The van der Waals surface area contributed by atoms with Crippen molar-refractivity contribution in [1.82, 2.24) is 14.1 Å². The molecule has 0 aromatic carbocycles. The van der Waals surface area contributed by atoms with E-state index in [0.29, 0.717) is 13.1 Å². The minimum Gasteiger partial charge on any atom is -0.263 e.